The molecule has 1 atom stereocenters. The summed E-state index contributed by atoms with van der Waals surface area (Å²) in [7, 11) is 0. The van der Waals surface area contributed by atoms with Gasteiger partial charge in [0.1, 0.15) is 0 Å². The fraction of sp³-hybridized carbons (Fsp3) is 0.588. The third-order valence-corrected chi connectivity index (χ3v) is 5.56. The fourth-order valence-electron chi connectivity index (χ4n) is 3.34. The molecule has 0 radical (unpaired) electrons. The van der Waals surface area contributed by atoms with Gasteiger partial charge in [-0.05, 0) is 79.6 Å². The second-order valence-electron chi connectivity index (χ2n) is 6.10. The summed E-state index contributed by atoms with van der Waals surface area (Å²) in [6, 6.07) is 8.98. The molecule has 2 rings (SSSR count). The number of benzene rings is 1. The first-order valence-electron chi connectivity index (χ1n) is 7.71. The van der Waals surface area contributed by atoms with E-state index in [1.807, 2.05) is 0 Å². The highest BCUT2D eigenvalue weighted by Crippen LogP contribution is 2.38. The third-order valence-electron chi connectivity index (χ3n) is 4.84. The zero-order chi connectivity index (χ0) is 15.5. The van der Waals surface area contributed by atoms with E-state index in [0.29, 0.717) is 6.04 Å². The first kappa shape index (κ1) is 16.7. The highest BCUT2D eigenvalue weighted by Gasteiger charge is 2.41. The summed E-state index contributed by atoms with van der Waals surface area (Å²) in [5.41, 5.74) is 0.825. The number of hydrogen-bond donors (Lipinski definition) is 1. The molecule has 1 unspecified atom stereocenters. The maximum Gasteiger partial charge on any atom is 0.309 e. The fourth-order valence-corrected chi connectivity index (χ4v) is 3.70. The van der Waals surface area contributed by atoms with E-state index < -0.39 is 11.4 Å². The Hall–Kier alpha value is -0.620. The van der Waals surface area contributed by atoms with Gasteiger partial charge in [0.15, 0.2) is 0 Å². The van der Waals surface area contributed by atoms with Gasteiger partial charge in [-0.1, -0.05) is 25.5 Å². The van der Waals surface area contributed by atoms with Gasteiger partial charge in [-0.2, -0.15) is 0 Å². The van der Waals surface area contributed by atoms with E-state index >= 15 is 0 Å². The molecule has 1 aromatic rings. The molecular formula is C17H24INO2. The molecule has 0 aromatic heterocycles. The van der Waals surface area contributed by atoms with Gasteiger partial charge in [0.2, 0.25) is 0 Å². The molecule has 1 saturated heterocycles. The average molecular weight is 401 g/mol. The van der Waals surface area contributed by atoms with Crippen LogP contribution >= 0.6 is 22.6 Å². The number of likely N-dealkylation sites (tertiary alicyclic amines) is 1. The number of carbonyl (C=O) groups is 1. The number of carboxylic acids is 1. The van der Waals surface area contributed by atoms with Crippen LogP contribution in [0.1, 0.15) is 51.1 Å². The number of halogens is 1. The number of hydrogen-bond acceptors (Lipinski definition) is 2. The van der Waals surface area contributed by atoms with Crippen LogP contribution in [-0.2, 0) is 4.79 Å². The summed E-state index contributed by atoms with van der Waals surface area (Å²) in [6.07, 6.45) is 3.28. The van der Waals surface area contributed by atoms with Crippen molar-refractivity contribution in [3.05, 3.63) is 33.4 Å². The zero-order valence-corrected chi connectivity index (χ0v) is 15.0. The van der Waals surface area contributed by atoms with E-state index in [1.165, 1.54) is 9.13 Å². The smallest absolute Gasteiger partial charge is 0.309 e. The molecule has 0 aliphatic carbocycles. The van der Waals surface area contributed by atoms with Crippen molar-refractivity contribution in [1.29, 1.82) is 0 Å². The monoisotopic (exact) mass is 401 g/mol. The molecule has 0 saturated carbocycles. The van der Waals surface area contributed by atoms with E-state index in [0.717, 1.165) is 38.8 Å². The molecule has 1 heterocycles. The molecular weight excluding hydrogens is 377 g/mol. The minimum absolute atomic E-state index is 0.357. The van der Waals surface area contributed by atoms with E-state index in [4.69, 9.17) is 0 Å². The standard InChI is InChI=1S/C17H24INO2/c1-3-8-17(16(20)21)9-11-19(12-10-17)13(2)14-4-6-15(18)7-5-14/h4-7,13H,3,8-12H2,1-2H3,(H,20,21). The maximum atomic E-state index is 11.6. The second kappa shape index (κ2) is 7.09. The summed E-state index contributed by atoms with van der Waals surface area (Å²) in [5.74, 6) is -0.606. The Kier molecular flexibility index (Phi) is 5.66. The van der Waals surface area contributed by atoms with Gasteiger partial charge in [0.25, 0.3) is 0 Å². The lowest BCUT2D eigenvalue weighted by Gasteiger charge is -2.41. The summed E-state index contributed by atoms with van der Waals surface area (Å²) < 4.78 is 1.25. The van der Waals surface area contributed by atoms with Crippen molar-refractivity contribution >= 4 is 28.6 Å². The minimum atomic E-state index is -0.606. The van der Waals surface area contributed by atoms with Crippen molar-refractivity contribution in [3.63, 3.8) is 0 Å². The molecule has 1 fully saturated rings. The molecule has 0 bridgehead atoms. The Balaban J connectivity index is 2.02. The SMILES string of the molecule is CCCC1(C(=O)O)CCN(C(C)c2ccc(I)cc2)CC1. The van der Waals surface area contributed by atoms with Crippen LogP contribution in [0.2, 0.25) is 0 Å². The van der Waals surface area contributed by atoms with Crippen molar-refractivity contribution in [1.82, 2.24) is 4.90 Å². The minimum Gasteiger partial charge on any atom is -0.481 e. The lowest BCUT2D eigenvalue weighted by molar-refractivity contribution is -0.153. The lowest BCUT2D eigenvalue weighted by Crippen LogP contribution is -2.45. The van der Waals surface area contributed by atoms with Crippen LogP contribution in [0.25, 0.3) is 0 Å². The van der Waals surface area contributed by atoms with Crippen LogP contribution in [0.4, 0.5) is 0 Å². The first-order chi connectivity index (χ1) is 9.98. The highest BCUT2D eigenvalue weighted by molar-refractivity contribution is 14.1. The van der Waals surface area contributed by atoms with E-state index in [2.05, 4.69) is 65.6 Å². The molecule has 1 aliphatic heterocycles. The molecule has 4 heteroatoms. The molecule has 1 aliphatic rings. The quantitative estimate of drug-likeness (QED) is 0.748. The number of rotatable bonds is 5. The van der Waals surface area contributed by atoms with Crippen molar-refractivity contribution in [2.24, 2.45) is 5.41 Å². The van der Waals surface area contributed by atoms with Gasteiger partial charge in [-0.3, -0.25) is 9.69 Å². The van der Waals surface area contributed by atoms with E-state index in [1.54, 1.807) is 0 Å². The van der Waals surface area contributed by atoms with Crippen molar-refractivity contribution in [3.8, 4) is 0 Å². The van der Waals surface area contributed by atoms with Gasteiger partial charge >= 0.3 is 5.97 Å². The van der Waals surface area contributed by atoms with Gasteiger partial charge in [-0.15, -0.1) is 0 Å². The van der Waals surface area contributed by atoms with Gasteiger partial charge in [-0.25, -0.2) is 0 Å². The summed E-state index contributed by atoms with van der Waals surface area (Å²) in [4.78, 5) is 14.0. The van der Waals surface area contributed by atoms with Crippen LogP contribution in [0.15, 0.2) is 24.3 Å². The van der Waals surface area contributed by atoms with Gasteiger partial charge < -0.3 is 5.11 Å². The molecule has 1 N–H and O–H groups in total. The number of aliphatic carboxylic acids is 1. The Morgan fingerprint density at radius 3 is 2.38 bits per heavy atom. The van der Waals surface area contributed by atoms with Crippen LogP contribution in [-0.4, -0.2) is 29.1 Å². The molecule has 1 aromatic carbocycles. The Bertz CT molecular complexity index is 478. The predicted octanol–water partition coefficient (Wildman–Crippen LogP) is 4.32. The average Bonchev–Trinajstić information content (AvgIpc) is 2.48. The Morgan fingerprint density at radius 2 is 1.90 bits per heavy atom. The van der Waals surface area contributed by atoms with E-state index in [9.17, 15) is 9.90 Å². The molecule has 3 nitrogen and oxygen atoms in total. The third kappa shape index (κ3) is 3.77. The summed E-state index contributed by atoms with van der Waals surface area (Å²) >= 11 is 2.32. The van der Waals surface area contributed by atoms with Crippen LogP contribution in [0, 0.1) is 8.99 Å². The molecule has 0 amide bonds. The number of carboxylic acid groups (broad SMARTS) is 1. The van der Waals surface area contributed by atoms with Gasteiger partial charge in [0.05, 0.1) is 5.41 Å². The largest absolute Gasteiger partial charge is 0.481 e. The zero-order valence-electron chi connectivity index (χ0n) is 12.8. The second-order valence-corrected chi connectivity index (χ2v) is 7.34. The first-order valence-corrected chi connectivity index (χ1v) is 8.79. The van der Waals surface area contributed by atoms with Crippen LogP contribution < -0.4 is 0 Å². The van der Waals surface area contributed by atoms with Crippen LogP contribution in [0.3, 0.4) is 0 Å². The normalized spacial score (nSPS) is 20.1. The predicted molar refractivity (Wildman–Crippen MR) is 93.4 cm³/mol. The highest BCUT2D eigenvalue weighted by atomic mass is 127. The van der Waals surface area contributed by atoms with E-state index in [-0.39, 0.29) is 0 Å². The summed E-state index contributed by atoms with van der Waals surface area (Å²) in [5, 5.41) is 9.57. The van der Waals surface area contributed by atoms with Crippen molar-refractivity contribution in [2.75, 3.05) is 13.1 Å². The lowest BCUT2D eigenvalue weighted by atomic mass is 9.74. The Labute approximate surface area is 140 Å². The molecule has 21 heavy (non-hydrogen) atoms. The van der Waals surface area contributed by atoms with Crippen molar-refractivity contribution < 1.29 is 9.90 Å². The summed E-state index contributed by atoms with van der Waals surface area (Å²) in [6.45, 7) is 6.04. The van der Waals surface area contributed by atoms with Gasteiger partial charge in [0, 0.05) is 9.61 Å². The van der Waals surface area contributed by atoms with Crippen LogP contribution in [0.5, 0.6) is 0 Å². The topological polar surface area (TPSA) is 40.5 Å². The number of nitrogens with zero attached hydrogens (tertiary/aromatic N) is 1. The maximum absolute atomic E-state index is 11.6. The molecule has 0 spiro atoms. The molecule has 116 valence electrons. The number of piperidine rings is 1. The Morgan fingerprint density at radius 1 is 1.33 bits per heavy atom. The van der Waals surface area contributed by atoms with Crippen molar-refractivity contribution in [2.45, 2.75) is 45.6 Å².